The average molecular weight is 273 g/mol. The minimum absolute atomic E-state index is 0.817. The lowest BCUT2D eigenvalue weighted by Crippen LogP contribution is -2.32. The van der Waals surface area contributed by atoms with Gasteiger partial charge in [-0.3, -0.25) is 10.9 Å². The maximum Gasteiger partial charge on any atom is 0.0141 e. The summed E-state index contributed by atoms with van der Waals surface area (Å²) in [5.74, 6) is 0.824. The van der Waals surface area contributed by atoms with Crippen molar-refractivity contribution in [3.63, 3.8) is 0 Å². The molecule has 1 unspecified atom stereocenters. The lowest BCUT2D eigenvalue weighted by Gasteiger charge is -2.25. The van der Waals surface area contributed by atoms with Gasteiger partial charge in [0.2, 0.25) is 0 Å². The maximum absolute atomic E-state index is 3.24. The normalized spacial score (nSPS) is 24.5. The number of nitrogens with zero attached hydrogens (tertiary/aromatic N) is 1. The zero-order valence-corrected chi connectivity index (χ0v) is 12.4. The fourth-order valence-corrected chi connectivity index (χ4v) is 3.55. The average Bonchev–Trinajstić information content (AvgIpc) is 3.15. The quantitative estimate of drug-likeness (QED) is 0.832. The molecule has 0 radical (unpaired) electrons. The molecule has 3 heteroatoms. The van der Waals surface area contributed by atoms with Gasteiger partial charge >= 0.3 is 0 Å². The van der Waals surface area contributed by atoms with Crippen LogP contribution in [0.4, 0.5) is 0 Å². The summed E-state index contributed by atoms with van der Waals surface area (Å²) in [5, 5.41) is 0. The first-order valence-electron chi connectivity index (χ1n) is 8.15. The molecule has 0 amide bonds. The third-order valence-electron chi connectivity index (χ3n) is 4.84. The Hall–Kier alpha value is -0.900. The van der Waals surface area contributed by atoms with Crippen LogP contribution in [-0.2, 0) is 6.42 Å². The molecule has 2 heterocycles. The molecule has 3 nitrogen and oxygen atoms in total. The van der Waals surface area contributed by atoms with Crippen LogP contribution in [0.5, 0.6) is 0 Å². The van der Waals surface area contributed by atoms with Gasteiger partial charge in [0.05, 0.1) is 0 Å². The van der Waals surface area contributed by atoms with Crippen LogP contribution in [0, 0.1) is 5.92 Å². The van der Waals surface area contributed by atoms with Crippen LogP contribution in [-0.4, -0.2) is 37.1 Å². The number of aryl methyl sites for hydroxylation is 1. The summed E-state index contributed by atoms with van der Waals surface area (Å²) in [4.78, 5) is 2.74. The Morgan fingerprint density at radius 3 is 2.65 bits per heavy atom. The highest BCUT2D eigenvalue weighted by atomic mass is 15.4. The number of likely N-dealkylation sites (tertiary alicyclic amines) is 1. The molecule has 0 spiro atoms. The fraction of sp³-hybridized carbons (Fsp3) is 0.647. The van der Waals surface area contributed by atoms with E-state index >= 15 is 0 Å². The SMILES string of the molecule is c1ccc(CCC2CCCN2CCC2CNNC2)cc1. The van der Waals surface area contributed by atoms with Crippen molar-refractivity contribution in [2.75, 3.05) is 26.2 Å². The maximum atomic E-state index is 3.24. The van der Waals surface area contributed by atoms with E-state index in [0.717, 1.165) is 25.0 Å². The Morgan fingerprint density at radius 2 is 1.85 bits per heavy atom. The van der Waals surface area contributed by atoms with Gasteiger partial charge in [0.15, 0.2) is 0 Å². The summed E-state index contributed by atoms with van der Waals surface area (Å²) >= 11 is 0. The van der Waals surface area contributed by atoms with Crippen LogP contribution in [0.1, 0.15) is 31.2 Å². The van der Waals surface area contributed by atoms with E-state index in [-0.39, 0.29) is 0 Å². The zero-order chi connectivity index (χ0) is 13.6. The second-order valence-electron chi connectivity index (χ2n) is 6.27. The summed E-state index contributed by atoms with van der Waals surface area (Å²) in [7, 11) is 0. The van der Waals surface area contributed by atoms with Crippen molar-refractivity contribution in [1.82, 2.24) is 15.8 Å². The highest BCUT2D eigenvalue weighted by molar-refractivity contribution is 5.14. The standard InChI is InChI=1S/C17H27N3/c1-2-5-15(6-3-1)8-9-17-7-4-11-20(17)12-10-16-13-18-19-14-16/h1-3,5-6,16-19H,4,7-14H2. The lowest BCUT2D eigenvalue weighted by molar-refractivity contribution is 0.229. The van der Waals surface area contributed by atoms with Crippen LogP contribution in [0.2, 0.25) is 0 Å². The fourth-order valence-electron chi connectivity index (χ4n) is 3.55. The molecule has 2 fully saturated rings. The van der Waals surface area contributed by atoms with Crippen molar-refractivity contribution in [2.45, 2.75) is 38.1 Å². The van der Waals surface area contributed by atoms with Crippen LogP contribution in [0.25, 0.3) is 0 Å². The minimum atomic E-state index is 0.817. The van der Waals surface area contributed by atoms with Gasteiger partial charge in [-0.05, 0) is 56.7 Å². The number of hydrogen-bond donors (Lipinski definition) is 2. The molecule has 1 atom stereocenters. The van der Waals surface area contributed by atoms with E-state index in [0.29, 0.717) is 0 Å². The number of benzene rings is 1. The van der Waals surface area contributed by atoms with Crippen molar-refractivity contribution in [1.29, 1.82) is 0 Å². The Bertz CT molecular complexity index is 386. The molecule has 0 saturated carbocycles. The van der Waals surface area contributed by atoms with E-state index in [1.165, 1.54) is 50.8 Å². The molecule has 1 aromatic carbocycles. The zero-order valence-electron chi connectivity index (χ0n) is 12.4. The third-order valence-corrected chi connectivity index (χ3v) is 4.84. The van der Waals surface area contributed by atoms with E-state index in [9.17, 15) is 0 Å². The second-order valence-corrected chi connectivity index (χ2v) is 6.27. The first-order valence-corrected chi connectivity index (χ1v) is 8.15. The van der Waals surface area contributed by atoms with Gasteiger partial charge in [0.1, 0.15) is 0 Å². The molecule has 110 valence electrons. The lowest BCUT2D eigenvalue weighted by atomic mass is 10.0. The summed E-state index contributed by atoms with van der Waals surface area (Å²) < 4.78 is 0. The molecule has 0 aliphatic carbocycles. The molecule has 0 aromatic heterocycles. The smallest absolute Gasteiger partial charge is 0.0141 e. The Balaban J connectivity index is 1.43. The number of hydrazine groups is 1. The number of hydrogen-bond acceptors (Lipinski definition) is 3. The van der Waals surface area contributed by atoms with E-state index in [2.05, 4.69) is 46.1 Å². The number of nitrogens with one attached hydrogen (secondary N) is 2. The predicted molar refractivity (Wildman–Crippen MR) is 83.5 cm³/mol. The van der Waals surface area contributed by atoms with Gasteiger partial charge in [0.25, 0.3) is 0 Å². The van der Waals surface area contributed by atoms with Gasteiger partial charge in [-0.2, -0.15) is 0 Å². The van der Waals surface area contributed by atoms with Crippen LogP contribution < -0.4 is 10.9 Å². The molecule has 2 aliphatic rings. The molecule has 2 N–H and O–H groups in total. The predicted octanol–water partition coefficient (Wildman–Crippen LogP) is 2.20. The molecular weight excluding hydrogens is 246 g/mol. The van der Waals surface area contributed by atoms with E-state index in [1.807, 2.05) is 0 Å². The molecular formula is C17H27N3. The van der Waals surface area contributed by atoms with Gasteiger partial charge < -0.3 is 4.90 Å². The minimum Gasteiger partial charge on any atom is -0.300 e. The molecule has 3 rings (SSSR count). The van der Waals surface area contributed by atoms with Crippen molar-refractivity contribution in [2.24, 2.45) is 5.92 Å². The molecule has 0 bridgehead atoms. The van der Waals surface area contributed by atoms with Gasteiger partial charge in [-0.1, -0.05) is 30.3 Å². The summed E-state index contributed by atoms with van der Waals surface area (Å²) in [6, 6.07) is 11.8. The van der Waals surface area contributed by atoms with Crippen LogP contribution >= 0.6 is 0 Å². The first-order chi connectivity index (χ1) is 9.92. The Labute approximate surface area is 122 Å². The first kappa shape index (κ1) is 14.1. The third kappa shape index (κ3) is 3.81. The van der Waals surface area contributed by atoms with E-state index in [1.54, 1.807) is 0 Å². The van der Waals surface area contributed by atoms with Crippen molar-refractivity contribution in [3.05, 3.63) is 35.9 Å². The number of rotatable bonds is 6. The van der Waals surface area contributed by atoms with Crippen molar-refractivity contribution in [3.8, 4) is 0 Å². The molecule has 20 heavy (non-hydrogen) atoms. The van der Waals surface area contributed by atoms with Crippen molar-refractivity contribution < 1.29 is 0 Å². The molecule has 1 aromatic rings. The van der Waals surface area contributed by atoms with Crippen LogP contribution in [0.3, 0.4) is 0 Å². The largest absolute Gasteiger partial charge is 0.300 e. The second kappa shape index (κ2) is 7.21. The van der Waals surface area contributed by atoms with Gasteiger partial charge in [-0.15, -0.1) is 0 Å². The summed E-state index contributed by atoms with van der Waals surface area (Å²) in [6.45, 7) is 4.88. The van der Waals surface area contributed by atoms with Gasteiger partial charge in [-0.25, -0.2) is 0 Å². The van der Waals surface area contributed by atoms with E-state index in [4.69, 9.17) is 0 Å². The van der Waals surface area contributed by atoms with E-state index < -0.39 is 0 Å². The summed E-state index contributed by atoms with van der Waals surface area (Å²) in [5.41, 5.74) is 7.96. The molecule has 2 saturated heterocycles. The molecule has 2 aliphatic heterocycles. The topological polar surface area (TPSA) is 27.3 Å². The highest BCUT2D eigenvalue weighted by Crippen LogP contribution is 2.23. The van der Waals surface area contributed by atoms with Crippen molar-refractivity contribution >= 4 is 0 Å². The monoisotopic (exact) mass is 273 g/mol. The summed E-state index contributed by atoms with van der Waals surface area (Å²) in [6.07, 6.45) is 6.68. The Morgan fingerprint density at radius 1 is 1.05 bits per heavy atom. The Kier molecular flexibility index (Phi) is 5.06. The highest BCUT2D eigenvalue weighted by Gasteiger charge is 2.25. The van der Waals surface area contributed by atoms with Crippen LogP contribution in [0.15, 0.2) is 30.3 Å². The van der Waals surface area contributed by atoms with Gasteiger partial charge in [0, 0.05) is 19.1 Å².